The van der Waals surface area contributed by atoms with Gasteiger partial charge in [-0.2, -0.15) is 0 Å². The highest BCUT2D eigenvalue weighted by Gasteiger charge is 2.25. The minimum Gasteiger partial charge on any atom is -0.354 e. The third-order valence-corrected chi connectivity index (χ3v) is 3.78. The second-order valence-electron chi connectivity index (χ2n) is 5.79. The number of nitrogens with one attached hydrogen (secondary N) is 3. The van der Waals surface area contributed by atoms with Crippen LogP contribution in [0.25, 0.3) is 0 Å². The van der Waals surface area contributed by atoms with Crippen molar-refractivity contribution in [2.24, 2.45) is 5.41 Å². The second kappa shape index (κ2) is 8.53. The van der Waals surface area contributed by atoms with Gasteiger partial charge in [-0.1, -0.05) is 0 Å². The highest BCUT2D eigenvalue weighted by atomic mass is 35.5. The molecule has 0 heterocycles. The second-order valence-corrected chi connectivity index (χ2v) is 6.06. The van der Waals surface area contributed by atoms with Crippen molar-refractivity contribution in [3.05, 3.63) is 29.8 Å². The van der Waals surface area contributed by atoms with Crippen LogP contribution in [0.2, 0.25) is 0 Å². The quantitative estimate of drug-likeness (QED) is 0.522. The minimum absolute atomic E-state index is 0.151. The first-order chi connectivity index (χ1) is 10.8. The van der Waals surface area contributed by atoms with Crippen LogP contribution < -0.4 is 16.0 Å². The van der Waals surface area contributed by atoms with Crippen LogP contribution in [-0.2, 0) is 9.59 Å². The molecule has 23 heavy (non-hydrogen) atoms. The number of amides is 3. The Morgan fingerprint density at radius 3 is 2.13 bits per heavy atom. The summed E-state index contributed by atoms with van der Waals surface area (Å²) in [5.74, 6) is -0.337. The molecule has 0 aliphatic heterocycles. The molecule has 0 spiro atoms. The van der Waals surface area contributed by atoms with E-state index in [1.54, 1.807) is 38.1 Å². The van der Waals surface area contributed by atoms with Crippen molar-refractivity contribution in [2.45, 2.75) is 20.8 Å². The number of carbonyl (C=O) groups excluding carboxylic acids is 3. The molecule has 0 aromatic heterocycles. The minimum atomic E-state index is -0.634. The first kappa shape index (κ1) is 19.0. The van der Waals surface area contributed by atoms with E-state index in [0.29, 0.717) is 24.3 Å². The average Bonchev–Trinajstić information content (AvgIpc) is 2.51. The van der Waals surface area contributed by atoms with Crippen LogP contribution in [-0.4, -0.2) is 36.7 Å². The average molecular weight is 340 g/mol. The number of carbonyl (C=O) groups is 3. The molecule has 0 atom stereocenters. The molecule has 3 amide bonds. The van der Waals surface area contributed by atoms with E-state index >= 15 is 0 Å². The molecule has 0 saturated heterocycles. The Morgan fingerprint density at radius 2 is 1.61 bits per heavy atom. The molecule has 1 aromatic rings. The Balaban J connectivity index is 2.39. The van der Waals surface area contributed by atoms with E-state index in [9.17, 15) is 14.4 Å². The summed E-state index contributed by atoms with van der Waals surface area (Å²) in [4.78, 5) is 34.7. The lowest BCUT2D eigenvalue weighted by molar-refractivity contribution is -0.128. The molecule has 0 radical (unpaired) electrons. The number of alkyl halides is 1. The fourth-order valence-electron chi connectivity index (χ4n) is 1.66. The van der Waals surface area contributed by atoms with E-state index in [1.165, 1.54) is 6.92 Å². The van der Waals surface area contributed by atoms with Gasteiger partial charge < -0.3 is 16.0 Å². The highest BCUT2D eigenvalue weighted by molar-refractivity contribution is 6.19. The highest BCUT2D eigenvalue weighted by Crippen LogP contribution is 2.16. The van der Waals surface area contributed by atoms with Gasteiger partial charge in [0.2, 0.25) is 11.8 Å². The zero-order chi connectivity index (χ0) is 17.5. The standard InChI is InChI=1S/C16H22ClN3O3/c1-11(21)20-13-6-4-12(5-7-13)14(22)18-8-9-19-15(23)16(2,3)10-17/h4-7H,8-10H2,1-3H3,(H,18,22)(H,19,23)(H,20,21). The van der Waals surface area contributed by atoms with Gasteiger partial charge in [0, 0.05) is 37.1 Å². The maximum atomic E-state index is 11.9. The van der Waals surface area contributed by atoms with Gasteiger partial charge in [0.25, 0.3) is 5.91 Å². The summed E-state index contributed by atoms with van der Waals surface area (Å²) >= 11 is 5.72. The van der Waals surface area contributed by atoms with E-state index in [4.69, 9.17) is 11.6 Å². The van der Waals surface area contributed by atoms with Crippen molar-refractivity contribution in [1.29, 1.82) is 0 Å². The molecular weight excluding hydrogens is 318 g/mol. The third-order valence-electron chi connectivity index (χ3n) is 3.11. The smallest absolute Gasteiger partial charge is 0.251 e. The van der Waals surface area contributed by atoms with Gasteiger partial charge in [-0.15, -0.1) is 11.6 Å². The Kier molecular flexibility index (Phi) is 7.03. The molecule has 3 N–H and O–H groups in total. The van der Waals surface area contributed by atoms with E-state index < -0.39 is 5.41 Å². The SMILES string of the molecule is CC(=O)Nc1ccc(C(=O)NCCNC(=O)C(C)(C)CCl)cc1. The Labute approximate surface area is 141 Å². The van der Waals surface area contributed by atoms with Crippen LogP contribution in [0, 0.1) is 5.41 Å². The Hall–Kier alpha value is -2.08. The topological polar surface area (TPSA) is 87.3 Å². The number of halogens is 1. The van der Waals surface area contributed by atoms with E-state index in [1.807, 2.05) is 0 Å². The first-order valence-electron chi connectivity index (χ1n) is 7.26. The third kappa shape index (κ3) is 6.28. The maximum absolute atomic E-state index is 11.9. The first-order valence-corrected chi connectivity index (χ1v) is 7.80. The van der Waals surface area contributed by atoms with Crippen LogP contribution in [0.1, 0.15) is 31.1 Å². The summed E-state index contributed by atoms with van der Waals surface area (Å²) in [7, 11) is 0. The molecule has 0 unspecified atom stereocenters. The number of hydrogen-bond acceptors (Lipinski definition) is 3. The lowest BCUT2D eigenvalue weighted by atomic mass is 9.95. The van der Waals surface area contributed by atoms with Crippen molar-refractivity contribution in [2.75, 3.05) is 24.3 Å². The van der Waals surface area contributed by atoms with Crippen molar-refractivity contribution in [3.8, 4) is 0 Å². The number of hydrogen-bond donors (Lipinski definition) is 3. The predicted molar refractivity (Wildman–Crippen MR) is 90.6 cm³/mol. The van der Waals surface area contributed by atoms with E-state index in [2.05, 4.69) is 16.0 Å². The van der Waals surface area contributed by atoms with Gasteiger partial charge in [-0.25, -0.2) is 0 Å². The largest absolute Gasteiger partial charge is 0.354 e. The molecule has 0 fully saturated rings. The molecule has 126 valence electrons. The molecule has 6 nitrogen and oxygen atoms in total. The van der Waals surface area contributed by atoms with Gasteiger partial charge >= 0.3 is 0 Å². The maximum Gasteiger partial charge on any atom is 0.251 e. The summed E-state index contributed by atoms with van der Waals surface area (Å²) in [6, 6.07) is 6.55. The molecule has 1 aromatic carbocycles. The van der Waals surface area contributed by atoms with Gasteiger partial charge in [0.1, 0.15) is 0 Å². The van der Waals surface area contributed by atoms with Crippen molar-refractivity contribution >= 4 is 35.0 Å². The van der Waals surface area contributed by atoms with E-state index in [0.717, 1.165) is 0 Å². The van der Waals surface area contributed by atoms with Gasteiger partial charge in [0.05, 0.1) is 5.41 Å². The summed E-state index contributed by atoms with van der Waals surface area (Å²) < 4.78 is 0. The summed E-state index contributed by atoms with van der Waals surface area (Å²) in [6.45, 7) is 5.57. The lowest BCUT2D eigenvalue weighted by Gasteiger charge is -2.20. The number of rotatable bonds is 7. The monoisotopic (exact) mass is 339 g/mol. The van der Waals surface area contributed by atoms with Gasteiger partial charge in [-0.3, -0.25) is 14.4 Å². The van der Waals surface area contributed by atoms with Crippen LogP contribution in [0.5, 0.6) is 0 Å². The summed E-state index contributed by atoms with van der Waals surface area (Å²) in [5.41, 5.74) is 0.474. The van der Waals surface area contributed by atoms with Crippen molar-refractivity contribution in [1.82, 2.24) is 10.6 Å². The van der Waals surface area contributed by atoms with Gasteiger partial charge in [-0.05, 0) is 38.1 Å². The molecule has 7 heteroatoms. The Morgan fingerprint density at radius 1 is 1.04 bits per heavy atom. The lowest BCUT2D eigenvalue weighted by Crippen LogP contribution is -2.41. The van der Waals surface area contributed by atoms with Crippen molar-refractivity contribution < 1.29 is 14.4 Å². The van der Waals surface area contributed by atoms with Gasteiger partial charge in [0.15, 0.2) is 0 Å². The zero-order valence-corrected chi connectivity index (χ0v) is 14.3. The fraction of sp³-hybridized carbons (Fsp3) is 0.438. The number of benzene rings is 1. The normalized spacial score (nSPS) is 10.8. The summed E-state index contributed by atoms with van der Waals surface area (Å²) in [6.07, 6.45) is 0. The molecular formula is C16H22ClN3O3. The molecule has 1 rings (SSSR count). The van der Waals surface area contributed by atoms with Crippen LogP contribution >= 0.6 is 11.6 Å². The number of anilines is 1. The molecule has 0 aliphatic carbocycles. The van der Waals surface area contributed by atoms with Crippen LogP contribution in [0.4, 0.5) is 5.69 Å². The predicted octanol–water partition coefficient (Wildman–Crippen LogP) is 1.76. The Bertz CT molecular complexity index is 570. The molecule has 0 bridgehead atoms. The van der Waals surface area contributed by atoms with Crippen LogP contribution in [0.15, 0.2) is 24.3 Å². The zero-order valence-electron chi connectivity index (χ0n) is 13.5. The summed E-state index contributed by atoms with van der Waals surface area (Å²) in [5, 5.41) is 8.06. The molecule has 0 saturated carbocycles. The van der Waals surface area contributed by atoms with Crippen LogP contribution in [0.3, 0.4) is 0 Å². The van der Waals surface area contributed by atoms with E-state index in [-0.39, 0.29) is 23.6 Å². The fourth-order valence-corrected chi connectivity index (χ4v) is 1.78. The van der Waals surface area contributed by atoms with Crippen molar-refractivity contribution in [3.63, 3.8) is 0 Å². The molecule has 0 aliphatic rings.